The van der Waals surface area contributed by atoms with Gasteiger partial charge in [0.15, 0.2) is 11.6 Å². The molecule has 118 valence electrons. The molecule has 3 rings (SSSR count). The van der Waals surface area contributed by atoms with Crippen LogP contribution in [-0.4, -0.2) is 19.5 Å². The van der Waals surface area contributed by atoms with E-state index >= 15 is 0 Å². The molecule has 3 aromatic rings. The van der Waals surface area contributed by atoms with Gasteiger partial charge in [-0.05, 0) is 23.6 Å². The van der Waals surface area contributed by atoms with E-state index in [0.717, 1.165) is 11.6 Å². The van der Waals surface area contributed by atoms with Crippen molar-refractivity contribution in [3.8, 4) is 11.6 Å². The Bertz CT molecular complexity index is 892. The van der Waals surface area contributed by atoms with E-state index in [4.69, 9.17) is 4.74 Å². The van der Waals surface area contributed by atoms with Crippen molar-refractivity contribution in [1.29, 1.82) is 0 Å². The van der Waals surface area contributed by atoms with Crippen LogP contribution in [0.5, 0.6) is 11.6 Å². The summed E-state index contributed by atoms with van der Waals surface area (Å²) in [5.41, 5.74) is 1.26. The standard InChI is InChI=1S/C15H13FN4O3/c1-9(2)11-5-6-19-14(11)15(17-8-18-19)23-13-4-3-10(20(21)22)7-12(13)16/h3-9H,1-2H3. The number of rotatable bonds is 4. The van der Waals surface area contributed by atoms with Crippen LogP contribution in [0.3, 0.4) is 0 Å². The van der Waals surface area contributed by atoms with E-state index in [0.29, 0.717) is 5.52 Å². The molecule has 8 heteroatoms. The third-order valence-electron chi connectivity index (χ3n) is 3.41. The zero-order valence-electron chi connectivity index (χ0n) is 12.4. The molecule has 0 bridgehead atoms. The lowest BCUT2D eigenvalue weighted by atomic mass is 10.1. The number of hydrogen-bond donors (Lipinski definition) is 0. The highest BCUT2D eigenvalue weighted by Gasteiger charge is 2.17. The molecule has 0 unspecified atom stereocenters. The highest BCUT2D eigenvalue weighted by atomic mass is 19.1. The zero-order valence-corrected chi connectivity index (χ0v) is 12.4. The number of ether oxygens (including phenoxy) is 1. The van der Waals surface area contributed by atoms with E-state index in [1.54, 1.807) is 10.7 Å². The van der Waals surface area contributed by atoms with Crippen LogP contribution in [0.4, 0.5) is 10.1 Å². The second-order valence-corrected chi connectivity index (χ2v) is 5.26. The summed E-state index contributed by atoms with van der Waals surface area (Å²) in [4.78, 5) is 14.1. The lowest BCUT2D eigenvalue weighted by Gasteiger charge is -2.09. The van der Waals surface area contributed by atoms with Crippen LogP contribution in [-0.2, 0) is 0 Å². The molecule has 0 radical (unpaired) electrons. The van der Waals surface area contributed by atoms with Gasteiger partial charge in [0.1, 0.15) is 11.8 Å². The van der Waals surface area contributed by atoms with Crippen molar-refractivity contribution in [2.75, 3.05) is 0 Å². The van der Waals surface area contributed by atoms with Gasteiger partial charge in [0, 0.05) is 12.3 Å². The second-order valence-electron chi connectivity index (χ2n) is 5.26. The van der Waals surface area contributed by atoms with Gasteiger partial charge in [-0.3, -0.25) is 10.1 Å². The van der Waals surface area contributed by atoms with Gasteiger partial charge < -0.3 is 4.74 Å². The van der Waals surface area contributed by atoms with Gasteiger partial charge in [-0.25, -0.2) is 8.91 Å². The fourth-order valence-corrected chi connectivity index (χ4v) is 2.28. The summed E-state index contributed by atoms with van der Waals surface area (Å²) < 4.78 is 21.1. The molecule has 0 saturated carbocycles. The zero-order chi connectivity index (χ0) is 16.6. The van der Waals surface area contributed by atoms with Crippen LogP contribution in [0.2, 0.25) is 0 Å². The van der Waals surface area contributed by atoms with E-state index in [-0.39, 0.29) is 23.2 Å². The first kappa shape index (κ1) is 14.9. The largest absolute Gasteiger partial charge is 0.434 e. The minimum atomic E-state index is -0.825. The maximum atomic E-state index is 14.0. The van der Waals surface area contributed by atoms with E-state index < -0.39 is 10.7 Å². The first-order valence-electron chi connectivity index (χ1n) is 6.91. The molecule has 0 N–H and O–H groups in total. The molecule has 0 saturated heterocycles. The van der Waals surface area contributed by atoms with Crippen LogP contribution >= 0.6 is 0 Å². The number of non-ortho nitro benzene ring substituents is 1. The summed E-state index contributed by atoms with van der Waals surface area (Å²) in [5.74, 6) is -0.558. The molecule has 0 aliphatic rings. The predicted octanol–water partition coefficient (Wildman–Crippen LogP) is 3.69. The number of hydrogen-bond acceptors (Lipinski definition) is 5. The highest BCUT2D eigenvalue weighted by Crippen LogP contribution is 2.32. The lowest BCUT2D eigenvalue weighted by molar-refractivity contribution is -0.385. The van der Waals surface area contributed by atoms with Crippen molar-refractivity contribution < 1.29 is 14.1 Å². The van der Waals surface area contributed by atoms with Gasteiger partial charge in [-0.2, -0.15) is 10.1 Å². The fourth-order valence-electron chi connectivity index (χ4n) is 2.28. The number of nitrogens with zero attached hydrogens (tertiary/aromatic N) is 4. The molecular weight excluding hydrogens is 303 g/mol. The maximum absolute atomic E-state index is 14.0. The van der Waals surface area contributed by atoms with E-state index in [2.05, 4.69) is 10.1 Å². The molecule has 0 atom stereocenters. The minimum Gasteiger partial charge on any atom is -0.434 e. The number of nitro benzene ring substituents is 1. The molecule has 0 fully saturated rings. The van der Waals surface area contributed by atoms with Gasteiger partial charge in [-0.1, -0.05) is 13.8 Å². The van der Waals surface area contributed by atoms with Crippen molar-refractivity contribution >= 4 is 11.2 Å². The van der Waals surface area contributed by atoms with E-state index in [1.165, 1.54) is 18.5 Å². The number of benzene rings is 1. The molecule has 0 spiro atoms. The molecular formula is C15H13FN4O3. The Morgan fingerprint density at radius 1 is 1.35 bits per heavy atom. The van der Waals surface area contributed by atoms with Gasteiger partial charge in [0.2, 0.25) is 5.88 Å². The van der Waals surface area contributed by atoms with Crippen molar-refractivity contribution in [2.45, 2.75) is 19.8 Å². The van der Waals surface area contributed by atoms with Gasteiger partial charge >= 0.3 is 0 Å². The summed E-state index contributed by atoms with van der Waals surface area (Å²) in [6, 6.07) is 5.10. The maximum Gasteiger partial charge on any atom is 0.272 e. The normalized spacial score (nSPS) is 11.1. The summed E-state index contributed by atoms with van der Waals surface area (Å²) in [6.45, 7) is 4.02. The smallest absolute Gasteiger partial charge is 0.272 e. The molecule has 1 aromatic carbocycles. The van der Waals surface area contributed by atoms with E-state index in [1.807, 2.05) is 19.9 Å². The van der Waals surface area contributed by atoms with Gasteiger partial charge in [-0.15, -0.1) is 0 Å². The summed E-state index contributed by atoms with van der Waals surface area (Å²) in [7, 11) is 0. The second kappa shape index (κ2) is 5.64. The predicted molar refractivity (Wildman–Crippen MR) is 80.2 cm³/mol. The third kappa shape index (κ3) is 2.70. The van der Waals surface area contributed by atoms with Crippen molar-refractivity contribution in [3.05, 3.63) is 58.3 Å². The molecule has 2 heterocycles. The van der Waals surface area contributed by atoms with Crippen LogP contribution in [0.1, 0.15) is 25.3 Å². The number of fused-ring (bicyclic) bond motifs is 1. The molecule has 0 amide bonds. The Balaban J connectivity index is 2.05. The number of aromatic nitrogens is 3. The number of halogens is 1. The number of nitro groups is 1. The Morgan fingerprint density at radius 3 is 2.78 bits per heavy atom. The first-order chi connectivity index (χ1) is 11.0. The topological polar surface area (TPSA) is 82.6 Å². The summed E-state index contributed by atoms with van der Waals surface area (Å²) in [5, 5.41) is 14.7. The van der Waals surface area contributed by atoms with Crippen molar-refractivity contribution in [2.24, 2.45) is 0 Å². The third-order valence-corrected chi connectivity index (χ3v) is 3.41. The van der Waals surface area contributed by atoms with Crippen molar-refractivity contribution in [3.63, 3.8) is 0 Å². The van der Waals surface area contributed by atoms with Crippen LogP contribution in [0.15, 0.2) is 36.8 Å². The van der Waals surface area contributed by atoms with Gasteiger partial charge in [0.25, 0.3) is 5.69 Å². The van der Waals surface area contributed by atoms with Gasteiger partial charge in [0.05, 0.1) is 11.0 Å². The average Bonchev–Trinajstić information content (AvgIpc) is 2.94. The minimum absolute atomic E-state index is 0.132. The molecule has 7 nitrogen and oxygen atoms in total. The summed E-state index contributed by atoms with van der Waals surface area (Å²) >= 11 is 0. The van der Waals surface area contributed by atoms with Crippen molar-refractivity contribution in [1.82, 2.24) is 14.6 Å². The van der Waals surface area contributed by atoms with Crippen LogP contribution < -0.4 is 4.74 Å². The first-order valence-corrected chi connectivity index (χ1v) is 6.91. The Morgan fingerprint density at radius 2 is 2.13 bits per heavy atom. The summed E-state index contributed by atoms with van der Waals surface area (Å²) in [6.07, 6.45) is 3.07. The molecule has 0 aliphatic heterocycles. The Hall–Kier alpha value is -3.03. The average molecular weight is 316 g/mol. The SMILES string of the molecule is CC(C)c1ccn2ncnc(Oc3ccc([N+](=O)[O-])cc3F)c12. The quantitative estimate of drug-likeness (QED) is 0.541. The van der Waals surface area contributed by atoms with E-state index in [9.17, 15) is 14.5 Å². The molecule has 23 heavy (non-hydrogen) atoms. The monoisotopic (exact) mass is 316 g/mol. The lowest BCUT2D eigenvalue weighted by Crippen LogP contribution is -2.00. The highest BCUT2D eigenvalue weighted by molar-refractivity contribution is 5.64. The van der Waals surface area contributed by atoms with Crippen LogP contribution in [0.25, 0.3) is 5.52 Å². The molecule has 2 aromatic heterocycles. The molecule has 0 aliphatic carbocycles. The Labute approximate surface area is 130 Å². The van der Waals surface area contributed by atoms with Crippen LogP contribution in [0, 0.1) is 15.9 Å². The Kier molecular flexibility index (Phi) is 3.65. The fraction of sp³-hybridized carbons (Fsp3) is 0.200.